The van der Waals surface area contributed by atoms with Crippen molar-refractivity contribution in [1.82, 2.24) is 0 Å². The average Bonchev–Trinajstić information content (AvgIpc) is 3.03. The third-order valence-corrected chi connectivity index (χ3v) is 5.04. The number of para-hydroxylation sites is 1. The van der Waals surface area contributed by atoms with Gasteiger partial charge in [0, 0.05) is 17.2 Å². The quantitative estimate of drug-likeness (QED) is 0.813. The van der Waals surface area contributed by atoms with E-state index in [1.54, 1.807) is 6.07 Å². The molecule has 2 aliphatic carbocycles. The summed E-state index contributed by atoms with van der Waals surface area (Å²) in [4.78, 5) is 4.79. The van der Waals surface area contributed by atoms with E-state index < -0.39 is 0 Å². The molecular weight excluding hydrogens is 258 g/mol. The van der Waals surface area contributed by atoms with Gasteiger partial charge in [-0.25, -0.2) is 0 Å². The zero-order valence-corrected chi connectivity index (χ0v) is 12.6. The highest BCUT2D eigenvalue weighted by atomic mass is 16.3. The number of rotatable bonds is 3. The van der Waals surface area contributed by atoms with Crippen molar-refractivity contribution in [1.29, 1.82) is 0 Å². The Morgan fingerprint density at radius 2 is 1.95 bits per heavy atom. The summed E-state index contributed by atoms with van der Waals surface area (Å²) in [6, 6.07) is 7.51. The largest absolute Gasteiger partial charge is 0.507 e. The van der Waals surface area contributed by atoms with Crippen molar-refractivity contribution < 1.29 is 5.11 Å². The molecule has 0 bridgehead atoms. The molecule has 2 nitrogen and oxygen atoms in total. The fourth-order valence-electron chi connectivity index (χ4n) is 3.63. The highest BCUT2D eigenvalue weighted by molar-refractivity contribution is 5.83. The van der Waals surface area contributed by atoms with Crippen LogP contribution in [0.25, 0.3) is 0 Å². The highest BCUT2D eigenvalue weighted by Gasteiger charge is 2.40. The minimum Gasteiger partial charge on any atom is -0.507 e. The van der Waals surface area contributed by atoms with E-state index in [0.29, 0.717) is 11.7 Å². The molecule has 0 spiro atoms. The first-order valence-electron chi connectivity index (χ1n) is 7.87. The number of phenolic OH excluding ortho intramolecular Hbond substituents is 1. The lowest BCUT2D eigenvalue weighted by atomic mass is 9.69. The van der Waals surface area contributed by atoms with Gasteiger partial charge in [-0.1, -0.05) is 56.2 Å². The van der Waals surface area contributed by atoms with Crippen molar-refractivity contribution in [2.45, 2.75) is 38.6 Å². The first-order valence-corrected chi connectivity index (χ1v) is 7.87. The van der Waals surface area contributed by atoms with E-state index in [0.717, 1.165) is 5.56 Å². The van der Waals surface area contributed by atoms with Gasteiger partial charge in [-0.2, -0.15) is 0 Å². The van der Waals surface area contributed by atoms with Gasteiger partial charge >= 0.3 is 0 Å². The molecule has 2 unspecified atom stereocenters. The zero-order valence-electron chi connectivity index (χ0n) is 12.6. The van der Waals surface area contributed by atoms with Crippen LogP contribution in [0.2, 0.25) is 0 Å². The first kappa shape index (κ1) is 14.1. The van der Waals surface area contributed by atoms with E-state index in [2.05, 4.69) is 31.2 Å². The molecule has 2 aliphatic rings. The summed E-state index contributed by atoms with van der Waals surface area (Å²) in [7, 11) is 0. The standard InChI is InChI=1S/C19H23NO/c1-19(16-9-3-4-10-16)13-7-6-12-18(19)20-14-15-8-2-5-11-17(15)21/h2,5-8,11-14,16,18,21H,3-4,9-10H2,1H3. The Kier molecular flexibility index (Phi) is 3.96. The summed E-state index contributed by atoms with van der Waals surface area (Å²) in [5.74, 6) is 1.00. The fraction of sp³-hybridized carbons (Fsp3) is 0.421. The van der Waals surface area contributed by atoms with E-state index in [4.69, 9.17) is 4.99 Å². The van der Waals surface area contributed by atoms with E-state index >= 15 is 0 Å². The second-order valence-corrected chi connectivity index (χ2v) is 6.37. The summed E-state index contributed by atoms with van der Waals surface area (Å²) < 4.78 is 0. The molecule has 0 aromatic heterocycles. The molecule has 1 N–H and O–H groups in total. The minimum atomic E-state index is 0.103. The van der Waals surface area contributed by atoms with Crippen molar-refractivity contribution in [3.63, 3.8) is 0 Å². The predicted molar refractivity (Wildman–Crippen MR) is 87.8 cm³/mol. The highest BCUT2D eigenvalue weighted by Crippen LogP contribution is 2.45. The van der Waals surface area contributed by atoms with Gasteiger partial charge in [0.25, 0.3) is 0 Å². The number of aromatic hydroxyl groups is 1. The smallest absolute Gasteiger partial charge is 0.124 e. The number of hydrogen-bond acceptors (Lipinski definition) is 2. The Morgan fingerprint density at radius 3 is 2.71 bits per heavy atom. The van der Waals surface area contributed by atoms with Gasteiger partial charge < -0.3 is 5.11 Å². The monoisotopic (exact) mass is 281 g/mol. The Morgan fingerprint density at radius 1 is 1.19 bits per heavy atom. The second kappa shape index (κ2) is 5.88. The first-order chi connectivity index (χ1) is 10.2. The molecule has 0 heterocycles. The lowest BCUT2D eigenvalue weighted by Crippen LogP contribution is -2.35. The maximum Gasteiger partial charge on any atom is 0.124 e. The van der Waals surface area contributed by atoms with E-state index in [-0.39, 0.29) is 11.5 Å². The van der Waals surface area contributed by atoms with E-state index in [1.165, 1.54) is 25.7 Å². The number of benzene rings is 1. The molecule has 1 fully saturated rings. The molecule has 2 heteroatoms. The minimum absolute atomic E-state index is 0.103. The van der Waals surface area contributed by atoms with Crippen LogP contribution in [0.3, 0.4) is 0 Å². The molecule has 0 saturated heterocycles. The third-order valence-electron chi connectivity index (χ3n) is 5.04. The molecule has 110 valence electrons. The summed E-state index contributed by atoms with van der Waals surface area (Å²) in [5, 5.41) is 9.86. The molecular formula is C19H23NO. The second-order valence-electron chi connectivity index (χ2n) is 6.37. The lowest BCUT2D eigenvalue weighted by molar-refractivity contribution is 0.233. The Balaban J connectivity index is 1.84. The molecule has 0 aliphatic heterocycles. The van der Waals surface area contributed by atoms with Crippen molar-refractivity contribution >= 4 is 6.21 Å². The third kappa shape index (κ3) is 2.80. The number of allylic oxidation sites excluding steroid dienone is 2. The van der Waals surface area contributed by atoms with Crippen LogP contribution in [-0.4, -0.2) is 17.4 Å². The average molecular weight is 281 g/mol. The molecule has 1 aromatic rings. The van der Waals surface area contributed by atoms with Gasteiger partial charge in [0.2, 0.25) is 0 Å². The van der Waals surface area contributed by atoms with Crippen LogP contribution in [-0.2, 0) is 0 Å². The van der Waals surface area contributed by atoms with Crippen LogP contribution in [0.5, 0.6) is 5.75 Å². The summed E-state index contributed by atoms with van der Waals surface area (Å²) in [6.07, 6.45) is 15.9. The predicted octanol–water partition coefficient (Wildman–Crippen LogP) is 4.50. The van der Waals surface area contributed by atoms with Gasteiger partial charge in [0.05, 0.1) is 6.04 Å². The summed E-state index contributed by atoms with van der Waals surface area (Å²) >= 11 is 0. The van der Waals surface area contributed by atoms with Gasteiger partial charge in [0.1, 0.15) is 5.75 Å². The van der Waals surface area contributed by atoms with E-state index in [1.807, 2.05) is 24.4 Å². The Hall–Kier alpha value is -1.83. The molecule has 2 atom stereocenters. The van der Waals surface area contributed by atoms with Crippen LogP contribution >= 0.6 is 0 Å². The summed E-state index contributed by atoms with van der Waals surface area (Å²) in [5.41, 5.74) is 0.890. The fourth-order valence-corrected chi connectivity index (χ4v) is 3.63. The number of nitrogens with zero attached hydrogens (tertiary/aromatic N) is 1. The summed E-state index contributed by atoms with van der Waals surface area (Å²) in [6.45, 7) is 2.33. The lowest BCUT2D eigenvalue weighted by Gasteiger charge is -2.38. The zero-order chi connectivity index (χ0) is 14.7. The van der Waals surface area contributed by atoms with Crippen molar-refractivity contribution in [2.24, 2.45) is 16.3 Å². The van der Waals surface area contributed by atoms with Crippen LogP contribution in [0.15, 0.2) is 53.6 Å². The maximum atomic E-state index is 9.86. The van der Waals surface area contributed by atoms with E-state index in [9.17, 15) is 5.11 Å². The Bertz CT molecular complexity index is 581. The van der Waals surface area contributed by atoms with Crippen LogP contribution in [0, 0.1) is 11.3 Å². The van der Waals surface area contributed by atoms with Gasteiger partial charge in [0.15, 0.2) is 0 Å². The van der Waals surface area contributed by atoms with Crippen LogP contribution < -0.4 is 0 Å². The number of phenols is 1. The van der Waals surface area contributed by atoms with Crippen molar-refractivity contribution in [3.05, 3.63) is 54.1 Å². The number of hydrogen-bond donors (Lipinski definition) is 1. The van der Waals surface area contributed by atoms with Gasteiger partial charge in [-0.05, 0) is 30.9 Å². The Labute approximate surface area is 126 Å². The topological polar surface area (TPSA) is 32.6 Å². The van der Waals surface area contributed by atoms with Crippen molar-refractivity contribution in [3.8, 4) is 5.75 Å². The molecule has 3 rings (SSSR count). The molecule has 1 aromatic carbocycles. The SMILES string of the molecule is CC1(C2CCCC2)C=CC=CC1N=Cc1ccccc1O. The van der Waals surface area contributed by atoms with Crippen molar-refractivity contribution in [2.75, 3.05) is 0 Å². The number of aliphatic imine (C=N–C) groups is 1. The van der Waals surface area contributed by atoms with Crippen LogP contribution in [0.1, 0.15) is 38.2 Å². The molecule has 0 amide bonds. The normalized spacial score (nSPS) is 29.5. The van der Waals surface area contributed by atoms with Crippen LogP contribution in [0.4, 0.5) is 0 Å². The molecule has 1 saturated carbocycles. The van der Waals surface area contributed by atoms with Gasteiger partial charge in [-0.15, -0.1) is 0 Å². The molecule has 0 radical (unpaired) electrons. The van der Waals surface area contributed by atoms with Gasteiger partial charge in [-0.3, -0.25) is 4.99 Å². The maximum absolute atomic E-state index is 9.86. The molecule has 21 heavy (non-hydrogen) atoms.